The van der Waals surface area contributed by atoms with Crippen molar-refractivity contribution in [3.05, 3.63) is 100 Å². The predicted octanol–water partition coefficient (Wildman–Crippen LogP) is 5.89. The van der Waals surface area contributed by atoms with Crippen LogP contribution in [0.4, 0.5) is 15.8 Å². The van der Waals surface area contributed by atoms with E-state index in [-0.39, 0.29) is 29.4 Å². The van der Waals surface area contributed by atoms with Crippen LogP contribution in [0.2, 0.25) is 0 Å². The molecule has 0 fully saturated rings. The minimum atomic E-state index is -0.632. The molecule has 0 aliphatic heterocycles. The normalized spacial score (nSPS) is 11.1. The molecule has 0 atom stereocenters. The number of hydrogen-bond donors (Lipinski definition) is 3. The van der Waals surface area contributed by atoms with Crippen molar-refractivity contribution < 1.29 is 9.18 Å². The number of benzene rings is 3. The molecule has 1 aromatic heterocycles. The van der Waals surface area contributed by atoms with Gasteiger partial charge in [-0.2, -0.15) is 0 Å². The number of amides is 1. The highest BCUT2D eigenvalue weighted by atomic mass is 32.1. The quantitative estimate of drug-likeness (QED) is 0.264. The van der Waals surface area contributed by atoms with Gasteiger partial charge >= 0.3 is 0 Å². The van der Waals surface area contributed by atoms with Gasteiger partial charge in [0, 0.05) is 16.1 Å². The number of nitrogens with two attached hydrogens (primary N) is 1. The Morgan fingerprint density at radius 2 is 1.87 bits per heavy atom. The largest absolute Gasteiger partial charge is 0.398 e. The van der Waals surface area contributed by atoms with E-state index >= 15 is 0 Å². The SMILES string of the molecule is N=C(/C=C/c1ccc2ccccc2c1)c1cc(NC(=O)Cc2cccs2)c(F)cc1N. The third-order valence-electron chi connectivity index (χ3n) is 4.83. The Hall–Kier alpha value is -3.77. The van der Waals surface area contributed by atoms with Crippen molar-refractivity contribution in [1.29, 1.82) is 5.41 Å². The zero-order valence-corrected chi connectivity index (χ0v) is 17.4. The molecule has 4 rings (SSSR count). The molecule has 0 aliphatic rings. The third kappa shape index (κ3) is 4.87. The van der Waals surface area contributed by atoms with Crippen LogP contribution in [0.5, 0.6) is 0 Å². The summed E-state index contributed by atoms with van der Waals surface area (Å²) in [5, 5.41) is 15.1. The summed E-state index contributed by atoms with van der Waals surface area (Å²) in [6, 6.07) is 20.3. The van der Waals surface area contributed by atoms with E-state index in [1.54, 1.807) is 6.08 Å². The van der Waals surface area contributed by atoms with Crippen LogP contribution in [0.3, 0.4) is 0 Å². The average molecular weight is 430 g/mol. The maximum atomic E-state index is 14.4. The lowest BCUT2D eigenvalue weighted by Gasteiger charge is -2.11. The average Bonchev–Trinajstić information content (AvgIpc) is 3.26. The van der Waals surface area contributed by atoms with Crippen molar-refractivity contribution in [3.63, 3.8) is 0 Å². The maximum absolute atomic E-state index is 14.4. The summed E-state index contributed by atoms with van der Waals surface area (Å²) >= 11 is 1.46. The number of nitrogens with one attached hydrogen (secondary N) is 2. The summed E-state index contributed by atoms with van der Waals surface area (Å²) in [6.07, 6.45) is 3.59. The Morgan fingerprint density at radius 3 is 2.65 bits per heavy atom. The molecule has 0 bridgehead atoms. The summed E-state index contributed by atoms with van der Waals surface area (Å²) in [6.45, 7) is 0. The topological polar surface area (TPSA) is 79.0 Å². The Labute approximate surface area is 183 Å². The van der Waals surface area contributed by atoms with Gasteiger partial charge < -0.3 is 16.5 Å². The Morgan fingerprint density at radius 1 is 1.06 bits per heavy atom. The van der Waals surface area contributed by atoms with Gasteiger partial charge in [-0.05, 0) is 52.1 Å². The van der Waals surface area contributed by atoms with E-state index in [4.69, 9.17) is 11.1 Å². The number of nitrogen functional groups attached to an aromatic ring is 1. The lowest BCUT2D eigenvalue weighted by molar-refractivity contribution is -0.115. The van der Waals surface area contributed by atoms with Gasteiger partial charge in [-0.15, -0.1) is 11.3 Å². The van der Waals surface area contributed by atoms with Gasteiger partial charge in [-0.1, -0.05) is 48.5 Å². The predicted molar refractivity (Wildman–Crippen MR) is 127 cm³/mol. The van der Waals surface area contributed by atoms with Crippen LogP contribution in [0.1, 0.15) is 16.0 Å². The van der Waals surface area contributed by atoms with Crippen LogP contribution in [0, 0.1) is 11.2 Å². The van der Waals surface area contributed by atoms with Gasteiger partial charge in [0.05, 0.1) is 17.8 Å². The maximum Gasteiger partial charge on any atom is 0.229 e. The van der Waals surface area contributed by atoms with Crippen molar-refractivity contribution in [2.24, 2.45) is 0 Å². The fourth-order valence-electron chi connectivity index (χ4n) is 3.26. The molecule has 0 spiro atoms. The van der Waals surface area contributed by atoms with E-state index in [1.807, 2.05) is 66.1 Å². The molecule has 31 heavy (non-hydrogen) atoms. The fraction of sp³-hybridized carbons (Fsp3) is 0.0400. The molecule has 6 heteroatoms. The van der Waals surface area contributed by atoms with E-state index in [9.17, 15) is 9.18 Å². The number of thiophene rings is 1. The number of hydrogen-bond acceptors (Lipinski definition) is 4. The fourth-order valence-corrected chi connectivity index (χ4v) is 3.97. The first kappa shape index (κ1) is 20.5. The van der Waals surface area contributed by atoms with Crippen molar-refractivity contribution in [2.75, 3.05) is 11.1 Å². The van der Waals surface area contributed by atoms with Crippen molar-refractivity contribution >= 4 is 51.2 Å². The first-order valence-corrected chi connectivity index (χ1v) is 10.5. The lowest BCUT2D eigenvalue weighted by atomic mass is 10.0. The summed E-state index contributed by atoms with van der Waals surface area (Å²) in [5.74, 6) is -0.956. The molecule has 1 heterocycles. The Bertz CT molecular complexity index is 1300. The Balaban J connectivity index is 1.53. The van der Waals surface area contributed by atoms with Gasteiger partial charge in [0.2, 0.25) is 5.91 Å². The number of fused-ring (bicyclic) bond motifs is 1. The van der Waals surface area contributed by atoms with E-state index in [1.165, 1.54) is 17.4 Å². The van der Waals surface area contributed by atoms with Crippen LogP contribution in [0.25, 0.3) is 16.8 Å². The van der Waals surface area contributed by atoms with Crippen molar-refractivity contribution in [2.45, 2.75) is 6.42 Å². The second-order valence-electron chi connectivity index (χ2n) is 7.08. The number of carbonyl (C=O) groups is 1. The van der Waals surface area contributed by atoms with E-state index < -0.39 is 5.82 Å². The number of anilines is 2. The lowest BCUT2D eigenvalue weighted by Crippen LogP contribution is -2.16. The minimum absolute atomic E-state index is 0.00890. The molecule has 0 aliphatic carbocycles. The van der Waals surface area contributed by atoms with Gasteiger partial charge in [0.1, 0.15) is 5.82 Å². The van der Waals surface area contributed by atoms with E-state index in [0.29, 0.717) is 5.56 Å². The molecule has 154 valence electrons. The van der Waals surface area contributed by atoms with E-state index in [0.717, 1.165) is 27.3 Å². The molecule has 0 radical (unpaired) electrons. The van der Waals surface area contributed by atoms with Gasteiger partial charge in [0.25, 0.3) is 0 Å². The minimum Gasteiger partial charge on any atom is -0.398 e. The molecular weight excluding hydrogens is 409 g/mol. The highest BCUT2D eigenvalue weighted by molar-refractivity contribution is 7.10. The molecule has 0 saturated heterocycles. The molecule has 4 N–H and O–H groups in total. The number of halogens is 1. The van der Waals surface area contributed by atoms with Crippen LogP contribution >= 0.6 is 11.3 Å². The number of carbonyl (C=O) groups excluding carboxylic acids is 1. The first-order chi connectivity index (χ1) is 15.0. The third-order valence-corrected chi connectivity index (χ3v) is 5.71. The molecule has 4 nitrogen and oxygen atoms in total. The summed E-state index contributed by atoms with van der Waals surface area (Å²) < 4.78 is 14.4. The Kier molecular flexibility index (Phi) is 5.91. The monoisotopic (exact) mass is 429 g/mol. The van der Waals surface area contributed by atoms with E-state index in [2.05, 4.69) is 5.32 Å². The molecule has 0 saturated carbocycles. The molecule has 1 amide bonds. The van der Waals surface area contributed by atoms with Crippen LogP contribution < -0.4 is 11.1 Å². The molecule has 0 unspecified atom stereocenters. The summed E-state index contributed by atoms with van der Waals surface area (Å²) in [5.41, 5.74) is 7.51. The van der Waals surface area contributed by atoms with Crippen molar-refractivity contribution in [3.8, 4) is 0 Å². The molecule has 4 aromatic rings. The molecule has 3 aromatic carbocycles. The van der Waals surface area contributed by atoms with Crippen LogP contribution in [-0.2, 0) is 11.2 Å². The van der Waals surface area contributed by atoms with Crippen LogP contribution in [-0.4, -0.2) is 11.6 Å². The standard InChI is InChI=1S/C25H20FN3OS/c26-21-15-23(28)20(14-24(21)29-25(30)13-19-6-3-11-31-19)22(27)10-8-16-7-9-17-4-1-2-5-18(17)12-16/h1-12,14-15,27H,13,28H2,(H,29,30)/b10-8+,27-22?. The summed E-state index contributed by atoms with van der Waals surface area (Å²) in [7, 11) is 0. The van der Waals surface area contributed by atoms with Gasteiger partial charge in [0.15, 0.2) is 0 Å². The smallest absolute Gasteiger partial charge is 0.229 e. The molecular formula is C25H20FN3OS. The number of rotatable bonds is 6. The second-order valence-corrected chi connectivity index (χ2v) is 8.11. The van der Waals surface area contributed by atoms with Gasteiger partial charge in [-0.25, -0.2) is 4.39 Å². The highest BCUT2D eigenvalue weighted by Gasteiger charge is 2.13. The van der Waals surface area contributed by atoms with Gasteiger partial charge in [-0.3, -0.25) is 4.79 Å². The zero-order valence-electron chi connectivity index (χ0n) is 16.6. The van der Waals surface area contributed by atoms with Crippen molar-refractivity contribution in [1.82, 2.24) is 0 Å². The number of allylic oxidation sites excluding steroid dienone is 1. The van der Waals surface area contributed by atoms with Crippen LogP contribution in [0.15, 0.2) is 78.2 Å². The highest BCUT2D eigenvalue weighted by Crippen LogP contribution is 2.24. The summed E-state index contributed by atoms with van der Waals surface area (Å²) in [4.78, 5) is 13.1. The first-order valence-electron chi connectivity index (χ1n) is 9.66. The second kappa shape index (κ2) is 8.93. The zero-order chi connectivity index (χ0) is 21.8.